The molecule has 0 aliphatic rings. The summed E-state index contributed by atoms with van der Waals surface area (Å²) in [5.41, 5.74) is 1.45. The van der Waals surface area contributed by atoms with Crippen LogP contribution in [-0.2, 0) is 6.54 Å². The monoisotopic (exact) mass is 299 g/mol. The number of unbranched alkanes of at least 4 members (excludes halogenated alkanes) is 2. The van der Waals surface area contributed by atoms with Gasteiger partial charge in [-0.3, -0.25) is 9.78 Å². The third-order valence-corrected chi connectivity index (χ3v) is 3.18. The first-order chi connectivity index (χ1) is 10.8. The van der Waals surface area contributed by atoms with E-state index in [1.807, 2.05) is 12.1 Å². The van der Waals surface area contributed by atoms with Crippen LogP contribution in [0.3, 0.4) is 0 Å². The van der Waals surface area contributed by atoms with Gasteiger partial charge in [-0.05, 0) is 24.1 Å². The third kappa shape index (κ3) is 5.12. The topological polar surface area (TPSA) is 79.8 Å². The van der Waals surface area contributed by atoms with E-state index >= 15 is 0 Å². The van der Waals surface area contributed by atoms with Gasteiger partial charge in [-0.15, -0.1) is 0 Å². The number of carbonyl (C=O) groups is 1. The van der Waals surface area contributed by atoms with Crippen LogP contribution in [0.4, 0.5) is 5.95 Å². The smallest absolute Gasteiger partial charge is 0.254 e. The van der Waals surface area contributed by atoms with E-state index in [0.717, 1.165) is 18.5 Å². The maximum Gasteiger partial charge on any atom is 0.254 e. The SMILES string of the molecule is CCCCCNc1ncc(C(=O)NCc2ccncc2)cn1. The van der Waals surface area contributed by atoms with Crippen molar-refractivity contribution in [3.63, 3.8) is 0 Å². The number of carbonyl (C=O) groups excluding carboxylic acids is 1. The molecule has 0 aliphatic heterocycles. The molecule has 2 N–H and O–H groups in total. The van der Waals surface area contributed by atoms with Gasteiger partial charge in [-0.1, -0.05) is 19.8 Å². The van der Waals surface area contributed by atoms with Crippen molar-refractivity contribution in [2.75, 3.05) is 11.9 Å². The zero-order valence-corrected chi connectivity index (χ0v) is 12.7. The molecular formula is C16H21N5O. The van der Waals surface area contributed by atoms with E-state index in [1.165, 1.54) is 25.2 Å². The molecule has 2 heterocycles. The van der Waals surface area contributed by atoms with Gasteiger partial charge in [0.25, 0.3) is 5.91 Å². The molecule has 0 saturated carbocycles. The Kier molecular flexibility index (Phi) is 6.29. The molecule has 0 bridgehead atoms. The van der Waals surface area contributed by atoms with E-state index in [-0.39, 0.29) is 5.91 Å². The largest absolute Gasteiger partial charge is 0.354 e. The average molecular weight is 299 g/mol. The van der Waals surface area contributed by atoms with Gasteiger partial charge in [-0.2, -0.15) is 0 Å². The summed E-state index contributed by atoms with van der Waals surface area (Å²) in [6.07, 6.45) is 9.93. The highest BCUT2D eigenvalue weighted by Gasteiger charge is 2.06. The highest BCUT2D eigenvalue weighted by molar-refractivity contribution is 5.93. The van der Waals surface area contributed by atoms with Gasteiger partial charge < -0.3 is 10.6 Å². The number of anilines is 1. The van der Waals surface area contributed by atoms with Crippen molar-refractivity contribution in [2.24, 2.45) is 0 Å². The van der Waals surface area contributed by atoms with Crippen LogP contribution in [0, 0.1) is 0 Å². The second-order valence-electron chi connectivity index (χ2n) is 4.97. The molecule has 0 fully saturated rings. The van der Waals surface area contributed by atoms with E-state index < -0.39 is 0 Å². The minimum atomic E-state index is -0.186. The lowest BCUT2D eigenvalue weighted by Gasteiger charge is -2.06. The Bertz CT molecular complexity index is 571. The lowest BCUT2D eigenvalue weighted by Crippen LogP contribution is -2.23. The molecule has 6 heteroatoms. The molecule has 0 spiro atoms. The summed E-state index contributed by atoms with van der Waals surface area (Å²) in [6.45, 7) is 3.47. The van der Waals surface area contributed by atoms with E-state index in [9.17, 15) is 4.79 Å². The first kappa shape index (κ1) is 15.9. The molecule has 2 aromatic rings. The van der Waals surface area contributed by atoms with Crippen molar-refractivity contribution < 1.29 is 4.79 Å². The Labute approximate surface area is 130 Å². The van der Waals surface area contributed by atoms with Gasteiger partial charge in [0.05, 0.1) is 5.56 Å². The Morgan fingerprint density at radius 1 is 1.14 bits per heavy atom. The van der Waals surface area contributed by atoms with Gasteiger partial charge in [0.15, 0.2) is 0 Å². The minimum absolute atomic E-state index is 0.186. The second kappa shape index (κ2) is 8.71. The van der Waals surface area contributed by atoms with Crippen molar-refractivity contribution in [3.05, 3.63) is 48.0 Å². The zero-order chi connectivity index (χ0) is 15.6. The van der Waals surface area contributed by atoms with Gasteiger partial charge >= 0.3 is 0 Å². The van der Waals surface area contributed by atoms with Crippen LogP contribution in [-0.4, -0.2) is 27.4 Å². The van der Waals surface area contributed by atoms with Crippen molar-refractivity contribution in [1.29, 1.82) is 0 Å². The molecule has 1 amide bonds. The van der Waals surface area contributed by atoms with Crippen LogP contribution in [0.25, 0.3) is 0 Å². The fourth-order valence-corrected chi connectivity index (χ4v) is 1.90. The van der Waals surface area contributed by atoms with Gasteiger partial charge in [0.1, 0.15) is 0 Å². The predicted octanol–water partition coefficient (Wildman–Crippen LogP) is 2.40. The molecule has 0 aliphatic carbocycles. The van der Waals surface area contributed by atoms with E-state index in [2.05, 4.69) is 32.5 Å². The van der Waals surface area contributed by atoms with Crippen molar-refractivity contribution >= 4 is 11.9 Å². The van der Waals surface area contributed by atoms with Crippen LogP contribution in [0.5, 0.6) is 0 Å². The molecule has 0 saturated heterocycles. The summed E-state index contributed by atoms with van der Waals surface area (Å²) < 4.78 is 0. The Morgan fingerprint density at radius 3 is 2.55 bits per heavy atom. The molecule has 22 heavy (non-hydrogen) atoms. The lowest BCUT2D eigenvalue weighted by atomic mass is 10.2. The zero-order valence-electron chi connectivity index (χ0n) is 12.7. The van der Waals surface area contributed by atoms with Crippen molar-refractivity contribution in [1.82, 2.24) is 20.3 Å². The third-order valence-electron chi connectivity index (χ3n) is 3.18. The van der Waals surface area contributed by atoms with Gasteiger partial charge in [0.2, 0.25) is 5.95 Å². The number of nitrogens with zero attached hydrogens (tertiary/aromatic N) is 3. The molecular weight excluding hydrogens is 278 g/mol. The van der Waals surface area contributed by atoms with Crippen molar-refractivity contribution in [2.45, 2.75) is 32.7 Å². The molecule has 2 rings (SSSR count). The maximum atomic E-state index is 12.0. The first-order valence-corrected chi connectivity index (χ1v) is 7.52. The Hall–Kier alpha value is -2.50. The average Bonchev–Trinajstić information content (AvgIpc) is 2.58. The second-order valence-corrected chi connectivity index (χ2v) is 4.97. The number of aromatic nitrogens is 3. The normalized spacial score (nSPS) is 10.2. The fraction of sp³-hybridized carbons (Fsp3) is 0.375. The number of amides is 1. The number of nitrogens with one attached hydrogen (secondary N) is 2. The van der Waals surface area contributed by atoms with Crippen LogP contribution in [0.1, 0.15) is 42.1 Å². The van der Waals surface area contributed by atoms with E-state index in [0.29, 0.717) is 18.1 Å². The number of pyridine rings is 1. The van der Waals surface area contributed by atoms with Crippen LogP contribution < -0.4 is 10.6 Å². The molecule has 0 aromatic carbocycles. The highest BCUT2D eigenvalue weighted by atomic mass is 16.1. The van der Waals surface area contributed by atoms with Crippen LogP contribution >= 0.6 is 0 Å². The standard InChI is InChI=1S/C16H21N5O/c1-2-3-4-7-18-16-20-11-14(12-21-16)15(22)19-10-13-5-8-17-9-6-13/h5-6,8-9,11-12H,2-4,7,10H2,1H3,(H,19,22)(H,18,20,21). The maximum absolute atomic E-state index is 12.0. The quantitative estimate of drug-likeness (QED) is 0.732. The first-order valence-electron chi connectivity index (χ1n) is 7.52. The van der Waals surface area contributed by atoms with Crippen LogP contribution in [0.15, 0.2) is 36.9 Å². The number of hydrogen-bond donors (Lipinski definition) is 2. The highest BCUT2D eigenvalue weighted by Crippen LogP contribution is 2.03. The molecule has 116 valence electrons. The fourth-order valence-electron chi connectivity index (χ4n) is 1.90. The van der Waals surface area contributed by atoms with Gasteiger partial charge in [-0.25, -0.2) is 9.97 Å². The van der Waals surface area contributed by atoms with Gasteiger partial charge in [0, 0.05) is 37.9 Å². The summed E-state index contributed by atoms with van der Waals surface area (Å²) in [5.74, 6) is 0.371. The van der Waals surface area contributed by atoms with Crippen LogP contribution in [0.2, 0.25) is 0 Å². The molecule has 2 aromatic heterocycles. The Morgan fingerprint density at radius 2 is 1.86 bits per heavy atom. The summed E-state index contributed by atoms with van der Waals surface area (Å²) >= 11 is 0. The summed E-state index contributed by atoms with van der Waals surface area (Å²) in [4.78, 5) is 24.3. The molecule has 6 nitrogen and oxygen atoms in total. The van der Waals surface area contributed by atoms with E-state index in [1.54, 1.807) is 12.4 Å². The van der Waals surface area contributed by atoms with Crippen molar-refractivity contribution in [3.8, 4) is 0 Å². The minimum Gasteiger partial charge on any atom is -0.354 e. The summed E-state index contributed by atoms with van der Waals surface area (Å²) in [6, 6.07) is 3.72. The number of rotatable bonds is 8. The summed E-state index contributed by atoms with van der Waals surface area (Å²) in [5, 5.41) is 5.97. The summed E-state index contributed by atoms with van der Waals surface area (Å²) in [7, 11) is 0. The Balaban J connectivity index is 1.80. The molecule has 0 radical (unpaired) electrons. The predicted molar refractivity (Wildman–Crippen MR) is 85.5 cm³/mol. The lowest BCUT2D eigenvalue weighted by molar-refractivity contribution is 0.0950. The van der Waals surface area contributed by atoms with E-state index in [4.69, 9.17) is 0 Å². The molecule has 0 atom stereocenters. The molecule has 0 unspecified atom stereocenters. The number of hydrogen-bond acceptors (Lipinski definition) is 5.